The standard InChI is InChI=1S/C14H17ClN2O2/c1-4-5-8-6-9-12(17-14(8)16)11(18-2)7-10(15)13(9)19-3/h6-7H,4-5H2,1-3H3,(H2,16,17). The third-order valence-electron chi connectivity index (χ3n) is 3.03. The quantitative estimate of drug-likeness (QED) is 0.932. The molecule has 0 aliphatic heterocycles. The average molecular weight is 281 g/mol. The Balaban J connectivity index is 2.80. The maximum atomic E-state index is 6.19. The SMILES string of the molecule is CCCc1cc2c(OC)c(Cl)cc(OC)c2nc1N. The molecule has 1 aromatic carbocycles. The molecule has 0 saturated carbocycles. The fourth-order valence-electron chi connectivity index (χ4n) is 2.14. The van der Waals surface area contributed by atoms with Crippen LogP contribution < -0.4 is 15.2 Å². The summed E-state index contributed by atoms with van der Waals surface area (Å²) in [6.07, 6.45) is 1.87. The number of rotatable bonds is 4. The molecule has 19 heavy (non-hydrogen) atoms. The summed E-state index contributed by atoms with van der Waals surface area (Å²) in [6, 6.07) is 3.67. The van der Waals surface area contributed by atoms with Crippen molar-refractivity contribution in [3.05, 3.63) is 22.7 Å². The highest BCUT2D eigenvalue weighted by Crippen LogP contribution is 2.39. The van der Waals surface area contributed by atoms with E-state index in [1.807, 2.05) is 6.07 Å². The van der Waals surface area contributed by atoms with E-state index in [9.17, 15) is 0 Å². The zero-order chi connectivity index (χ0) is 14.0. The number of aryl methyl sites for hydroxylation is 1. The van der Waals surface area contributed by atoms with Gasteiger partial charge in [0.15, 0.2) is 0 Å². The van der Waals surface area contributed by atoms with Crippen LogP contribution >= 0.6 is 11.6 Å². The van der Waals surface area contributed by atoms with E-state index in [-0.39, 0.29) is 0 Å². The fourth-order valence-corrected chi connectivity index (χ4v) is 2.42. The van der Waals surface area contributed by atoms with Gasteiger partial charge in [-0.3, -0.25) is 0 Å². The summed E-state index contributed by atoms with van der Waals surface area (Å²) >= 11 is 6.19. The van der Waals surface area contributed by atoms with Crippen LogP contribution in [0.3, 0.4) is 0 Å². The molecule has 0 aliphatic rings. The smallest absolute Gasteiger partial charge is 0.147 e. The van der Waals surface area contributed by atoms with Gasteiger partial charge in [-0.1, -0.05) is 24.9 Å². The zero-order valence-electron chi connectivity index (χ0n) is 11.3. The first-order valence-corrected chi connectivity index (χ1v) is 6.49. The van der Waals surface area contributed by atoms with E-state index < -0.39 is 0 Å². The number of anilines is 1. The van der Waals surface area contributed by atoms with Crippen molar-refractivity contribution in [1.29, 1.82) is 0 Å². The van der Waals surface area contributed by atoms with E-state index in [0.717, 1.165) is 23.8 Å². The lowest BCUT2D eigenvalue weighted by Crippen LogP contribution is -2.01. The molecule has 0 radical (unpaired) electrons. The van der Waals surface area contributed by atoms with Crippen LogP contribution in [0.1, 0.15) is 18.9 Å². The molecule has 2 N–H and O–H groups in total. The molecule has 0 saturated heterocycles. The third kappa shape index (κ3) is 2.40. The van der Waals surface area contributed by atoms with Gasteiger partial charge in [-0.15, -0.1) is 0 Å². The van der Waals surface area contributed by atoms with Crippen LogP contribution in [0.5, 0.6) is 11.5 Å². The van der Waals surface area contributed by atoms with Crippen LogP contribution in [0, 0.1) is 0 Å². The highest BCUT2D eigenvalue weighted by Gasteiger charge is 2.15. The van der Waals surface area contributed by atoms with Gasteiger partial charge in [0, 0.05) is 11.5 Å². The van der Waals surface area contributed by atoms with Gasteiger partial charge in [-0.25, -0.2) is 4.98 Å². The first kappa shape index (κ1) is 13.7. The number of benzene rings is 1. The predicted octanol–water partition coefficient (Wildman–Crippen LogP) is 3.44. The molecule has 2 rings (SSSR count). The van der Waals surface area contributed by atoms with Crippen LogP contribution in [0.15, 0.2) is 12.1 Å². The monoisotopic (exact) mass is 280 g/mol. The second-order valence-corrected chi connectivity index (χ2v) is 4.68. The summed E-state index contributed by atoms with van der Waals surface area (Å²) in [5, 5.41) is 1.32. The molecule has 2 aromatic rings. The lowest BCUT2D eigenvalue weighted by atomic mass is 10.1. The first-order valence-electron chi connectivity index (χ1n) is 6.11. The second kappa shape index (κ2) is 5.53. The highest BCUT2D eigenvalue weighted by atomic mass is 35.5. The lowest BCUT2D eigenvalue weighted by Gasteiger charge is -2.13. The number of nitrogens with zero attached hydrogens (tertiary/aromatic N) is 1. The van der Waals surface area contributed by atoms with Crippen molar-refractivity contribution in [1.82, 2.24) is 4.98 Å². The van der Waals surface area contributed by atoms with Gasteiger partial charge in [0.1, 0.15) is 22.8 Å². The van der Waals surface area contributed by atoms with Crippen LogP contribution in [0.4, 0.5) is 5.82 Å². The van der Waals surface area contributed by atoms with Crippen molar-refractivity contribution in [2.24, 2.45) is 0 Å². The van der Waals surface area contributed by atoms with Gasteiger partial charge in [-0.05, 0) is 18.1 Å². The summed E-state index contributed by atoms with van der Waals surface area (Å²) in [4.78, 5) is 4.43. The molecule has 4 nitrogen and oxygen atoms in total. The summed E-state index contributed by atoms with van der Waals surface area (Å²) in [5.74, 6) is 1.72. The van der Waals surface area contributed by atoms with E-state index in [1.165, 1.54) is 0 Å². The maximum absolute atomic E-state index is 6.19. The van der Waals surface area contributed by atoms with E-state index in [4.69, 9.17) is 26.8 Å². The summed E-state index contributed by atoms with van der Waals surface area (Å²) in [5.41, 5.74) is 7.65. The Bertz CT molecular complexity index is 614. The van der Waals surface area contributed by atoms with Gasteiger partial charge in [0.2, 0.25) is 0 Å². The molecule has 0 atom stereocenters. The normalized spacial score (nSPS) is 10.7. The van der Waals surface area contributed by atoms with Gasteiger partial charge in [0.05, 0.1) is 19.2 Å². The number of methoxy groups -OCH3 is 2. The van der Waals surface area contributed by atoms with Gasteiger partial charge in [0.25, 0.3) is 0 Å². The Morgan fingerprint density at radius 1 is 1.26 bits per heavy atom. The van der Waals surface area contributed by atoms with Crippen molar-refractivity contribution in [3.63, 3.8) is 0 Å². The molecule has 0 fully saturated rings. The minimum absolute atomic E-state index is 0.501. The van der Waals surface area contributed by atoms with Crippen LogP contribution in [0.25, 0.3) is 10.9 Å². The number of pyridine rings is 1. The van der Waals surface area contributed by atoms with Crippen molar-refractivity contribution in [2.45, 2.75) is 19.8 Å². The number of halogens is 1. The largest absolute Gasteiger partial charge is 0.494 e. The van der Waals surface area contributed by atoms with Crippen molar-refractivity contribution in [2.75, 3.05) is 20.0 Å². The Hall–Kier alpha value is -1.68. The van der Waals surface area contributed by atoms with E-state index in [0.29, 0.717) is 27.9 Å². The molecule has 5 heteroatoms. The van der Waals surface area contributed by atoms with Crippen molar-refractivity contribution >= 4 is 28.3 Å². The van der Waals surface area contributed by atoms with Gasteiger partial charge in [-0.2, -0.15) is 0 Å². The van der Waals surface area contributed by atoms with Gasteiger partial charge >= 0.3 is 0 Å². The molecule has 1 heterocycles. The molecule has 102 valence electrons. The first-order chi connectivity index (χ1) is 9.12. The number of ether oxygens (including phenoxy) is 2. The topological polar surface area (TPSA) is 57.4 Å². The number of nitrogen functional groups attached to an aromatic ring is 1. The summed E-state index contributed by atoms with van der Waals surface area (Å²) in [7, 11) is 3.17. The van der Waals surface area contributed by atoms with Crippen LogP contribution in [0.2, 0.25) is 5.02 Å². The molecule has 0 aliphatic carbocycles. The van der Waals surface area contributed by atoms with E-state index in [1.54, 1.807) is 20.3 Å². The Kier molecular flexibility index (Phi) is 4.00. The molecule has 0 amide bonds. The molecule has 0 bridgehead atoms. The van der Waals surface area contributed by atoms with Gasteiger partial charge < -0.3 is 15.2 Å². The second-order valence-electron chi connectivity index (χ2n) is 4.27. The molecular formula is C14H17ClN2O2. The number of aromatic nitrogens is 1. The van der Waals surface area contributed by atoms with E-state index in [2.05, 4.69) is 11.9 Å². The lowest BCUT2D eigenvalue weighted by molar-refractivity contribution is 0.410. The van der Waals surface area contributed by atoms with Crippen LogP contribution in [-0.4, -0.2) is 19.2 Å². The van der Waals surface area contributed by atoms with E-state index >= 15 is 0 Å². The molecule has 0 spiro atoms. The molecule has 0 unspecified atom stereocenters. The van der Waals surface area contributed by atoms with Crippen molar-refractivity contribution < 1.29 is 9.47 Å². The zero-order valence-corrected chi connectivity index (χ0v) is 12.0. The molecule has 1 aromatic heterocycles. The number of fused-ring (bicyclic) bond motifs is 1. The highest BCUT2D eigenvalue weighted by molar-refractivity contribution is 6.33. The Morgan fingerprint density at radius 2 is 2.00 bits per heavy atom. The fraction of sp³-hybridized carbons (Fsp3) is 0.357. The van der Waals surface area contributed by atoms with Crippen LogP contribution in [-0.2, 0) is 6.42 Å². The maximum Gasteiger partial charge on any atom is 0.147 e. The Labute approximate surface area is 117 Å². The number of hydrogen-bond acceptors (Lipinski definition) is 4. The molecular weight excluding hydrogens is 264 g/mol. The minimum Gasteiger partial charge on any atom is -0.494 e. The third-order valence-corrected chi connectivity index (χ3v) is 3.31. The average Bonchev–Trinajstić information content (AvgIpc) is 2.40. The minimum atomic E-state index is 0.501. The summed E-state index contributed by atoms with van der Waals surface area (Å²) in [6.45, 7) is 2.10. The predicted molar refractivity (Wildman–Crippen MR) is 78.3 cm³/mol. The van der Waals surface area contributed by atoms with Crippen molar-refractivity contribution in [3.8, 4) is 11.5 Å². The number of hydrogen-bond donors (Lipinski definition) is 1. The summed E-state index contributed by atoms with van der Waals surface area (Å²) < 4.78 is 10.7. The Morgan fingerprint density at radius 3 is 2.58 bits per heavy atom. The number of nitrogens with two attached hydrogens (primary N) is 1.